The monoisotopic (exact) mass is 229 g/mol. The number of anilines is 1. The number of aromatic hydroxyl groups is 1. The van der Waals surface area contributed by atoms with Crippen molar-refractivity contribution in [1.82, 2.24) is 9.97 Å². The number of aromatic nitrogens is 2. The van der Waals surface area contributed by atoms with Gasteiger partial charge >= 0.3 is 0 Å². The molecule has 2 aromatic rings. The van der Waals surface area contributed by atoms with Crippen molar-refractivity contribution in [2.75, 3.05) is 5.32 Å². The highest BCUT2D eigenvalue weighted by molar-refractivity contribution is 5.39. The second kappa shape index (κ2) is 5.30. The normalized spacial score (nSPS) is 10.2. The second-order valence-electron chi connectivity index (χ2n) is 3.73. The van der Waals surface area contributed by atoms with Gasteiger partial charge < -0.3 is 10.4 Å². The largest absolute Gasteiger partial charge is 0.508 e. The smallest absolute Gasteiger partial charge is 0.129 e. The molecular formula is C13H15N3O. The highest BCUT2D eigenvalue weighted by Crippen LogP contribution is 2.16. The molecule has 88 valence electrons. The summed E-state index contributed by atoms with van der Waals surface area (Å²) in [6, 6.07) is 9.17. The van der Waals surface area contributed by atoms with E-state index in [4.69, 9.17) is 0 Å². The fraction of sp³-hybridized carbons (Fsp3) is 0.231. The van der Waals surface area contributed by atoms with E-state index in [1.54, 1.807) is 18.5 Å². The second-order valence-corrected chi connectivity index (χ2v) is 3.73. The molecule has 0 unspecified atom stereocenters. The Morgan fingerprint density at radius 1 is 1.24 bits per heavy atom. The maximum Gasteiger partial charge on any atom is 0.129 e. The Kier molecular flexibility index (Phi) is 3.55. The zero-order valence-electron chi connectivity index (χ0n) is 9.72. The van der Waals surface area contributed by atoms with Gasteiger partial charge in [0.15, 0.2) is 0 Å². The van der Waals surface area contributed by atoms with E-state index < -0.39 is 0 Å². The Morgan fingerprint density at radius 2 is 2.06 bits per heavy atom. The summed E-state index contributed by atoms with van der Waals surface area (Å²) in [4.78, 5) is 8.26. The number of rotatable bonds is 4. The molecule has 1 aromatic heterocycles. The third kappa shape index (κ3) is 2.93. The summed E-state index contributed by atoms with van der Waals surface area (Å²) < 4.78 is 0. The summed E-state index contributed by atoms with van der Waals surface area (Å²) in [7, 11) is 0. The molecular weight excluding hydrogens is 214 g/mol. The molecule has 2 rings (SSSR count). The van der Waals surface area contributed by atoms with E-state index in [2.05, 4.69) is 22.2 Å². The lowest BCUT2D eigenvalue weighted by Crippen LogP contribution is -2.02. The number of para-hydroxylation sites is 1. The Hall–Kier alpha value is -2.10. The summed E-state index contributed by atoms with van der Waals surface area (Å²) in [5, 5.41) is 12.8. The van der Waals surface area contributed by atoms with Gasteiger partial charge in [0.25, 0.3) is 0 Å². The van der Waals surface area contributed by atoms with E-state index in [1.807, 2.05) is 18.2 Å². The summed E-state index contributed by atoms with van der Waals surface area (Å²) in [6.07, 6.45) is 2.43. The molecule has 4 heteroatoms. The Balaban J connectivity index is 2.05. The Labute approximate surface area is 100 Å². The molecule has 2 N–H and O–H groups in total. The maximum atomic E-state index is 9.62. The number of benzene rings is 1. The van der Waals surface area contributed by atoms with Gasteiger partial charge in [-0.15, -0.1) is 0 Å². The minimum absolute atomic E-state index is 0.296. The number of aryl methyl sites for hydroxylation is 1. The van der Waals surface area contributed by atoms with Crippen LogP contribution < -0.4 is 5.32 Å². The van der Waals surface area contributed by atoms with E-state index >= 15 is 0 Å². The van der Waals surface area contributed by atoms with Gasteiger partial charge in [-0.3, -0.25) is 0 Å². The molecule has 0 spiro atoms. The first kappa shape index (κ1) is 11.4. The highest BCUT2D eigenvalue weighted by atomic mass is 16.3. The zero-order chi connectivity index (χ0) is 12.1. The highest BCUT2D eigenvalue weighted by Gasteiger charge is 2.00. The number of hydrogen-bond donors (Lipinski definition) is 2. The number of phenols is 1. The summed E-state index contributed by atoms with van der Waals surface area (Å²) in [6.45, 7) is 2.60. The Morgan fingerprint density at radius 3 is 2.82 bits per heavy atom. The quantitative estimate of drug-likeness (QED) is 0.845. The van der Waals surface area contributed by atoms with Crippen molar-refractivity contribution >= 4 is 5.82 Å². The van der Waals surface area contributed by atoms with Gasteiger partial charge in [0, 0.05) is 23.9 Å². The molecule has 0 fully saturated rings. The number of nitrogens with zero attached hydrogens (tertiary/aromatic N) is 2. The van der Waals surface area contributed by atoms with E-state index in [9.17, 15) is 5.11 Å². The van der Waals surface area contributed by atoms with Gasteiger partial charge in [0.1, 0.15) is 17.9 Å². The van der Waals surface area contributed by atoms with Crippen LogP contribution in [0.4, 0.5) is 5.82 Å². The molecule has 17 heavy (non-hydrogen) atoms. The van der Waals surface area contributed by atoms with E-state index in [1.165, 1.54) is 0 Å². The lowest BCUT2D eigenvalue weighted by Gasteiger charge is -2.07. The SMILES string of the molecule is CCc1cc(NCc2ccccc2O)ncn1. The number of nitrogens with one attached hydrogen (secondary N) is 1. The number of hydrogen-bond acceptors (Lipinski definition) is 4. The predicted octanol–water partition coefficient (Wildman–Crippen LogP) is 2.36. The predicted molar refractivity (Wildman–Crippen MR) is 66.8 cm³/mol. The van der Waals surface area contributed by atoms with Crippen molar-refractivity contribution in [3.8, 4) is 5.75 Å². The van der Waals surface area contributed by atoms with E-state index in [0.29, 0.717) is 12.3 Å². The first-order valence-corrected chi connectivity index (χ1v) is 5.61. The molecule has 1 aromatic carbocycles. The molecule has 4 nitrogen and oxygen atoms in total. The van der Waals surface area contributed by atoms with Gasteiger partial charge in [-0.05, 0) is 12.5 Å². The molecule has 0 atom stereocenters. The lowest BCUT2D eigenvalue weighted by atomic mass is 10.2. The van der Waals surface area contributed by atoms with Crippen molar-refractivity contribution < 1.29 is 5.11 Å². The molecule has 0 saturated heterocycles. The minimum atomic E-state index is 0.296. The van der Waals surface area contributed by atoms with Crippen LogP contribution in [0.25, 0.3) is 0 Å². The lowest BCUT2D eigenvalue weighted by molar-refractivity contribution is 0.469. The molecule has 0 aliphatic heterocycles. The fourth-order valence-corrected chi connectivity index (χ4v) is 1.53. The molecule has 0 radical (unpaired) electrons. The van der Waals surface area contributed by atoms with E-state index in [0.717, 1.165) is 23.5 Å². The fourth-order valence-electron chi connectivity index (χ4n) is 1.53. The van der Waals surface area contributed by atoms with Crippen molar-refractivity contribution in [2.45, 2.75) is 19.9 Å². The maximum absolute atomic E-state index is 9.62. The molecule has 0 amide bonds. The third-order valence-corrected chi connectivity index (χ3v) is 2.54. The zero-order valence-corrected chi connectivity index (χ0v) is 9.72. The summed E-state index contributed by atoms with van der Waals surface area (Å²) in [5.74, 6) is 1.07. The minimum Gasteiger partial charge on any atom is -0.508 e. The molecule has 0 aliphatic carbocycles. The Bertz CT molecular complexity index is 500. The van der Waals surface area contributed by atoms with Crippen LogP contribution in [0.5, 0.6) is 5.75 Å². The van der Waals surface area contributed by atoms with Crippen molar-refractivity contribution in [2.24, 2.45) is 0 Å². The van der Waals surface area contributed by atoms with Gasteiger partial charge in [-0.1, -0.05) is 25.1 Å². The van der Waals surface area contributed by atoms with Crippen LogP contribution in [0, 0.1) is 0 Å². The van der Waals surface area contributed by atoms with Crippen LogP contribution in [0.1, 0.15) is 18.2 Å². The van der Waals surface area contributed by atoms with E-state index in [-0.39, 0.29) is 0 Å². The van der Waals surface area contributed by atoms with Crippen molar-refractivity contribution in [3.05, 3.63) is 47.9 Å². The first-order chi connectivity index (χ1) is 8.29. The topological polar surface area (TPSA) is 58.0 Å². The summed E-state index contributed by atoms with van der Waals surface area (Å²) in [5.41, 5.74) is 1.85. The average Bonchev–Trinajstić information content (AvgIpc) is 2.38. The average molecular weight is 229 g/mol. The van der Waals surface area contributed by atoms with Crippen LogP contribution >= 0.6 is 0 Å². The van der Waals surface area contributed by atoms with Crippen molar-refractivity contribution in [1.29, 1.82) is 0 Å². The van der Waals surface area contributed by atoms with Gasteiger partial charge in [0.05, 0.1) is 0 Å². The number of phenolic OH excluding ortho intramolecular Hbond substituents is 1. The summed E-state index contributed by atoms with van der Waals surface area (Å²) >= 11 is 0. The standard InChI is InChI=1S/C13H15N3O/c1-2-11-7-13(16-9-15-11)14-8-10-5-3-4-6-12(10)17/h3-7,9,17H,2,8H2,1H3,(H,14,15,16). The molecule has 0 saturated carbocycles. The van der Waals surface area contributed by atoms with Crippen LogP contribution in [0.15, 0.2) is 36.7 Å². The van der Waals surface area contributed by atoms with Crippen molar-refractivity contribution in [3.63, 3.8) is 0 Å². The molecule has 0 aliphatic rings. The van der Waals surface area contributed by atoms with Crippen LogP contribution in [-0.4, -0.2) is 15.1 Å². The molecule has 1 heterocycles. The van der Waals surface area contributed by atoms with Crippen LogP contribution in [0.3, 0.4) is 0 Å². The van der Waals surface area contributed by atoms with Gasteiger partial charge in [-0.2, -0.15) is 0 Å². The van der Waals surface area contributed by atoms with Crippen LogP contribution in [-0.2, 0) is 13.0 Å². The molecule has 0 bridgehead atoms. The first-order valence-electron chi connectivity index (χ1n) is 5.61. The van der Waals surface area contributed by atoms with Gasteiger partial charge in [-0.25, -0.2) is 9.97 Å². The third-order valence-electron chi connectivity index (χ3n) is 2.54. The van der Waals surface area contributed by atoms with Crippen LogP contribution in [0.2, 0.25) is 0 Å². The van der Waals surface area contributed by atoms with Gasteiger partial charge in [0.2, 0.25) is 0 Å².